The van der Waals surface area contributed by atoms with E-state index < -0.39 is 5.91 Å². The van der Waals surface area contributed by atoms with Crippen LogP contribution in [0.2, 0.25) is 0 Å². The molecule has 1 heterocycles. The lowest BCUT2D eigenvalue weighted by Crippen LogP contribution is -2.43. The lowest BCUT2D eigenvalue weighted by atomic mass is 10.1. The van der Waals surface area contributed by atoms with Gasteiger partial charge in [0.05, 0.1) is 15.2 Å². The molecule has 2 N–H and O–H groups in total. The van der Waals surface area contributed by atoms with Crippen molar-refractivity contribution in [3.63, 3.8) is 0 Å². The van der Waals surface area contributed by atoms with E-state index >= 15 is 0 Å². The maximum Gasteiger partial charge on any atom is 0.276 e. The van der Waals surface area contributed by atoms with E-state index in [0.29, 0.717) is 12.2 Å². The predicted molar refractivity (Wildman–Crippen MR) is 106 cm³/mol. The third-order valence-electron chi connectivity index (χ3n) is 3.96. The van der Waals surface area contributed by atoms with Gasteiger partial charge in [-0.15, -0.1) is 11.3 Å². The van der Waals surface area contributed by atoms with Gasteiger partial charge in [-0.25, -0.2) is 4.98 Å². The normalized spacial score (nSPS) is 10.6. The van der Waals surface area contributed by atoms with Gasteiger partial charge in [0.2, 0.25) is 5.91 Å². The second-order valence-electron chi connectivity index (χ2n) is 5.92. The quantitative estimate of drug-likeness (QED) is 0.615. The number of nitrogens with one attached hydrogen (secondary N) is 2. The molecule has 0 spiro atoms. The Hall–Kier alpha value is -2.93. The predicted octanol–water partition coefficient (Wildman–Crippen LogP) is 3.02. The number of thiazole rings is 1. The molecule has 1 aromatic heterocycles. The average molecular weight is 383 g/mol. The molecule has 3 aromatic rings. The molecule has 0 aliphatic carbocycles. The number of amides is 2. The number of hydrazine groups is 1. The van der Waals surface area contributed by atoms with E-state index in [0.717, 1.165) is 27.2 Å². The van der Waals surface area contributed by atoms with Crippen LogP contribution in [0, 0.1) is 0 Å². The van der Waals surface area contributed by atoms with Crippen LogP contribution in [0.25, 0.3) is 10.2 Å². The first-order valence-corrected chi connectivity index (χ1v) is 9.60. The zero-order valence-corrected chi connectivity index (χ0v) is 15.8. The summed E-state index contributed by atoms with van der Waals surface area (Å²) in [6, 6.07) is 15.4. The van der Waals surface area contributed by atoms with E-state index in [1.54, 1.807) is 11.3 Å². The van der Waals surface area contributed by atoms with E-state index in [4.69, 9.17) is 4.74 Å². The number of aryl methyl sites for hydroxylation is 2. The topological polar surface area (TPSA) is 80.3 Å². The Morgan fingerprint density at radius 3 is 2.59 bits per heavy atom. The SMILES string of the molecule is CCc1ccccc1OCC(=O)NNC(=O)CCc1nc2ccccc2s1. The minimum absolute atomic E-state index is 0.158. The molecule has 0 aliphatic rings. The third-order valence-corrected chi connectivity index (χ3v) is 5.05. The zero-order chi connectivity index (χ0) is 19.1. The lowest BCUT2D eigenvalue weighted by molar-refractivity contribution is -0.130. The van der Waals surface area contributed by atoms with Gasteiger partial charge in [-0.1, -0.05) is 37.3 Å². The number of carbonyl (C=O) groups excluding carboxylic acids is 2. The Morgan fingerprint density at radius 2 is 1.78 bits per heavy atom. The molecule has 0 atom stereocenters. The molecule has 0 aliphatic heterocycles. The van der Waals surface area contributed by atoms with Gasteiger partial charge in [-0.3, -0.25) is 20.4 Å². The van der Waals surface area contributed by atoms with Crippen LogP contribution in [0.3, 0.4) is 0 Å². The maximum absolute atomic E-state index is 11.9. The molecule has 6 nitrogen and oxygen atoms in total. The van der Waals surface area contributed by atoms with Gasteiger partial charge < -0.3 is 4.74 Å². The highest BCUT2D eigenvalue weighted by molar-refractivity contribution is 7.18. The van der Waals surface area contributed by atoms with E-state index in [1.807, 2.05) is 55.5 Å². The summed E-state index contributed by atoms with van der Waals surface area (Å²) in [6.07, 6.45) is 1.60. The second kappa shape index (κ2) is 9.14. The minimum atomic E-state index is -0.408. The van der Waals surface area contributed by atoms with Crippen LogP contribution in [-0.4, -0.2) is 23.4 Å². The summed E-state index contributed by atoms with van der Waals surface area (Å²) in [4.78, 5) is 28.3. The number of fused-ring (bicyclic) bond motifs is 1. The van der Waals surface area contributed by atoms with Crippen LogP contribution in [0.1, 0.15) is 23.9 Å². The minimum Gasteiger partial charge on any atom is -0.483 e. The van der Waals surface area contributed by atoms with Gasteiger partial charge in [-0.2, -0.15) is 0 Å². The van der Waals surface area contributed by atoms with E-state index in [9.17, 15) is 9.59 Å². The first kappa shape index (κ1) is 18.8. The van der Waals surface area contributed by atoms with Crippen LogP contribution in [-0.2, 0) is 22.4 Å². The molecule has 0 radical (unpaired) electrons. The zero-order valence-electron chi connectivity index (χ0n) is 15.0. The van der Waals surface area contributed by atoms with Crippen molar-refractivity contribution in [2.75, 3.05) is 6.61 Å². The lowest BCUT2D eigenvalue weighted by Gasteiger charge is -2.11. The molecule has 7 heteroatoms. The van der Waals surface area contributed by atoms with Crippen molar-refractivity contribution in [2.45, 2.75) is 26.2 Å². The molecule has 0 saturated carbocycles. The Labute approximate surface area is 161 Å². The number of carbonyl (C=O) groups is 2. The number of hydrogen-bond acceptors (Lipinski definition) is 5. The Bertz CT molecular complexity index is 906. The van der Waals surface area contributed by atoms with Crippen molar-refractivity contribution in [3.8, 4) is 5.75 Å². The van der Waals surface area contributed by atoms with Gasteiger partial charge in [-0.05, 0) is 30.2 Å². The number of para-hydroxylation sites is 2. The fourth-order valence-electron chi connectivity index (χ4n) is 2.57. The standard InChI is InChI=1S/C20H21N3O3S/c1-2-14-7-3-5-9-16(14)26-13-19(25)23-22-18(24)11-12-20-21-15-8-4-6-10-17(15)27-20/h3-10H,2,11-13H2,1H3,(H,22,24)(H,23,25). The molecule has 0 unspecified atom stereocenters. The molecule has 27 heavy (non-hydrogen) atoms. The number of rotatable bonds is 7. The van der Waals surface area contributed by atoms with Crippen LogP contribution >= 0.6 is 11.3 Å². The molecular weight excluding hydrogens is 362 g/mol. The monoisotopic (exact) mass is 383 g/mol. The summed E-state index contributed by atoms with van der Waals surface area (Å²) in [5.74, 6) is 0.00289. The largest absolute Gasteiger partial charge is 0.483 e. The number of benzene rings is 2. The molecule has 2 amide bonds. The molecule has 0 fully saturated rings. The number of aromatic nitrogens is 1. The average Bonchev–Trinajstić information content (AvgIpc) is 3.12. The van der Waals surface area contributed by atoms with E-state index in [-0.39, 0.29) is 18.9 Å². The first-order valence-electron chi connectivity index (χ1n) is 8.78. The summed E-state index contributed by atoms with van der Waals surface area (Å²) in [5, 5.41) is 0.900. The molecule has 0 saturated heterocycles. The van der Waals surface area contributed by atoms with Crippen molar-refractivity contribution in [2.24, 2.45) is 0 Å². The van der Waals surface area contributed by atoms with Crippen LogP contribution in [0.15, 0.2) is 48.5 Å². The number of hydrogen-bond donors (Lipinski definition) is 2. The van der Waals surface area contributed by atoms with Crippen molar-refractivity contribution >= 4 is 33.4 Å². The van der Waals surface area contributed by atoms with Crippen molar-refractivity contribution in [1.82, 2.24) is 15.8 Å². The maximum atomic E-state index is 11.9. The van der Waals surface area contributed by atoms with Crippen molar-refractivity contribution in [3.05, 3.63) is 59.1 Å². The summed E-state index contributed by atoms with van der Waals surface area (Å²) in [6.45, 7) is 1.86. The van der Waals surface area contributed by atoms with Crippen LogP contribution in [0.5, 0.6) is 5.75 Å². The highest BCUT2D eigenvalue weighted by Crippen LogP contribution is 2.22. The Balaban J connectivity index is 1.40. The molecule has 3 rings (SSSR count). The fraction of sp³-hybridized carbons (Fsp3) is 0.250. The van der Waals surface area contributed by atoms with Crippen molar-refractivity contribution in [1.29, 1.82) is 0 Å². The van der Waals surface area contributed by atoms with Crippen LogP contribution < -0.4 is 15.6 Å². The van der Waals surface area contributed by atoms with E-state index in [2.05, 4.69) is 15.8 Å². The van der Waals surface area contributed by atoms with Gasteiger partial charge in [0.1, 0.15) is 5.75 Å². The molecule has 2 aromatic carbocycles. The third kappa shape index (κ3) is 5.27. The summed E-state index contributed by atoms with van der Waals surface area (Å²) in [7, 11) is 0. The number of nitrogens with zero attached hydrogens (tertiary/aromatic N) is 1. The van der Waals surface area contributed by atoms with Crippen molar-refractivity contribution < 1.29 is 14.3 Å². The summed E-state index contributed by atoms with van der Waals surface area (Å²) >= 11 is 1.57. The number of ether oxygens (including phenoxy) is 1. The smallest absolute Gasteiger partial charge is 0.276 e. The van der Waals surface area contributed by atoms with Crippen LogP contribution in [0.4, 0.5) is 0 Å². The summed E-state index contributed by atoms with van der Waals surface area (Å²) < 4.78 is 6.62. The van der Waals surface area contributed by atoms with Gasteiger partial charge in [0.15, 0.2) is 6.61 Å². The van der Waals surface area contributed by atoms with Gasteiger partial charge in [0, 0.05) is 12.8 Å². The highest BCUT2D eigenvalue weighted by Gasteiger charge is 2.09. The fourth-order valence-corrected chi connectivity index (χ4v) is 3.53. The second-order valence-corrected chi connectivity index (χ2v) is 7.04. The Morgan fingerprint density at radius 1 is 1.04 bits per heavy atom. The first-order chi connectivity index (χ1) is 13.2. The molecule has 140 valence electrons. The molecule has 0 bridgehead atoms. The van der Waals surface area contributed by atoms with Gasteiger partial charge >= 0.3 is 0 Å². The molecular formula is C20H21N3O3S. The highest BCUT2D eigenvalue weighted by atomic mass is 32.1. The van der Waals surface area contributed by atoms with Gasteiger partial charge in [0.25, 0.3) is 5.91 Å². The van der Waals surface area contributed by atoms with E-state index in [1.165, 1.54) is 0 Å². The Kier molecular flexibility index (Phi) is 6.38. The summed E-state index contributed by atoms with van der Waals surface area (Å²) in [5.41, 5.74) is 6.76.